The molecule has 1 fully saturated rings. The van der Waals surface area contributed by atoms with Gasteiger partial charge in [-0.05, 0) is 44.2 Å². The van der Waals surface area contributed by atoms with E-state index < -0.39 is 0 Å². The Morgan fingerprint density at radius 1 is 1.62 bits per heavy atom. The Balaban J connectivity index is 2.12. The maximum Gasteiger partial charge on any atom is 0.168 e. The van der Waals surface area contributed by atoms with Gasteiger partial charge in [0.1, 0.15) is 0 Å². The molecule has 2 atom stereocenters. The zero-order chi connectivity index (χ0) is 11.6. The molecular formula is C10H19N5O. The first kappa shape index (κ1) is 11.5. The van der Waals surface area contributed by atoms with Gasteiger partial charge in [-0.1, -0.05) is 0 Å². The smallest absolute Gasteiger partial charge is 0.168 e. The third-order valence-electron chi connectivity index (χ3n) is 3.16. The number of nitrogens with zero attached hydrogens (tertiary/aromatic N) is 4. The number of nitrogens with one attached hydrogen (secondary N) is 1. The molecule has 1 aliphatic heterocycles. The van der Waals surface area contributed by atoms with Crippen LogP contribution >= 0.6 is 0 Å². The number of ether oxygens (including phenoxy) is 1. The van der Waals surface area contributed by atoms with Crippen LogP contribution in [0.4, 0.5) is 0 Å². The first-order chi connectivity index (χ1) is 7.64. The van der Waals surface area contributed by atoms with Crippen LogP contribution in [0, 0.1) is 0 Å². The second-order valence-electron chi connectivity index (χ2n) is 4.61. The Hall–Kier alpha value is -1.01. The topological polar surface area (TPSA) is 64.9 Å². The minimum Gasteiger partial charge on any atom is -0.373 e. The van der Waals surface area contributed by atoms with E-state index in [1.54, 1.807) is 0 Å². The number of tetrazole rings is 1. The molecule has 1 aromatic rings. The van der Waals surface area contributed by atoms with Crippen LogP contribution in [0.1, 0.15) is 38.6 Å². The summed E-state index contributed by atoms with van der Waals surface area (Å²) < 4.78 is 7.59. The van der Waals surface area contributed by atoms with Gasteiger partial charge in [0.05, 0.1) is 18.2 Å². The Morgan fingerprint density at radius 3 is 3.06 bits per heavy atom. The molecule has 1 aromatic heterocycles. The summed E-state index contributed by atoms with van der Waals surface area (Å²) in [7, 11) is 1.90. The molecule has 1 saturated heterocycles. The van der Waals surface area contributed by atoms with Gasteiger partial charge in [0.25, 0.3) is 0 Å². The molecule has 90 valence electrons. The van der Waals surface area contributed by atoms with Crippen molar-refractivity contribution in [3.63, 3.8) is 0 Å². The highest BCUT2D eigenvalue weighted by molar-refractivity contribution is 4.91. The molecule has 0 spiro atoms. The predicted molar refractivity (Wildman–Crippen MR) is 58.9 cm³/mol. The summed E-state index contributed by atoms with van der Waals surface area (Å²) in [5.74, 6) is 0.860. The molecule has 2 rings (SSSR count). The van der Waals surface area contributed by atoms with Crippen LogP contribution in [0.2, 0.25) is 0 Å². The molecule has 0 amide bonds. The van der Waals surface area contributed by atoms with E-state index in [4.69, 9.17) is 4.74 Å². The molecule has 0 bridgehead atoms. The van der Waals surface area contributed by atoms with E-state index in [9.17, 15) is 0 Å². The van der Waals surface area contributed by atoms with Crippen LogP contribution in [0.15, 0.2) is 0 Å². The van der Waals surface area contributed by atoms with Crippen LogP contribution in [-0.2, 0) is 11.3 Å². The summed E-state index contributed by atoms with van der Waals surface area (Å²) in [4.78, 5) is 0. The lowest BCUT2D eigenvalue weighted by Crippen LogP contribution is -2.32. The van der Waals surface area contributed by atoms with Crippen molar-refractivity contribution < 1.29 is 4.74 Å². The van der Waals surface area contributed by atoms with Gasteiger partial charge in [-0.15, -0.1) is 5.10 Å². The summed E-state index contributed by atoms with van der Waals surface area (Å²) in [6.07, 6.45) is 2.19. The van der Waals surface area contributed by atoms with E-state index >= 15 is 0 Å². The van der Waals surface area contributed by atoms with Gasteiger partial charge in [-0.3, -0.25) is 0 Å². The Kier molecular flexibility index (Phi) is 3.20. The molecular weight excluding hydrogens is 206 g/mol. The van der Waals surface area contributed by atoms with E-state index in [0.717, 1.165) is 31.8 Å². The van der Waals surface area contributed by atoms with Crippen LogP contribution in [-0.4, -0.2) is 39.5 Å². The van der Waals surface area contributed by atoms with E-state index in [0.29, 0.717) is 0 Å². The average molecular weight is 225 g/mol. The fraction of sp³-hybridized carbons (Fsp3) is 0.900. The van der Waals surface area contributed by atoms with Crippen LogP contribution < -0.4 is 5.32 Å². The van der Waals surface area contributed by atoms with Crippen LogP contribution in [0.5, 0.6) is 0 Å². The number of hydrogen-bond donors (Lipinski definition) is 1. The van der Waals surface area contributed by atoms with Crippen molar-refractivity contribution >= 4 is 0 Å². The molecule has 2 unspecified atom stereocenters. The molecule has 0 saturated carbocycles. The van der Waals surface area contributed by atoms with Gasteiger partial charge in [0.15, 0.2) is 5.82 Å². The van der Waals surface area contributed by atoms with Crippen molar-refractivity contribution in [1.29, 1.82) is 0 Å². The first-order valence-corrected chi connectivity index (χ1v) is 5.72. The summed E-state index contributed by atoms with van der Waals surface area (Å²) >= 11 is 0. The predicted octanol–water partition coefficient (Wildman–Crippen LogP) is 0.523. The quantitative estimate of drug-likeness (QED) is 0.809. The highest BCUT2D eigenvalue weighted by Gasteiger charge is 2.32. The Bertz CT molecular complexity index is 345. The normalized spacial score (nSPS) is 27.2. The lowest BCUT2D eigenvalue weighted by Gasteiger charge is -2.23. The van der Waals surface area contributed by atoms with E-state index in [1.165, 1.54) is 0 Å². The average Bonchev–Trinajstić information content (AvgIpc) is 2.87. The zero-order valence-electron chi connectivity index (χ0n) is 10.1. The minimum absolute atomic E-state index is 0.114. The van der Waals surface area contributed by atoms with Crippen LogP contribution in [0.25, 0.3) is 0 Å². The number of hydrogen-bond acceptors (Lipinski definition) is 5. The molecule has 16 heavy (non-hydrogen) atoms. The first-order valence-electron chi connectivity index (χ1n) is 5.72. The van der Waals surface area contributed by atoms with Crippen LogP contribution in [0.3, 0.4) is 0 Å². The van der Waals surface area contributed by atoms with Gasteiger partial charge < -0.3 is 10.1 Å². The number of aromatic nitrogens is 4. The van der Waals surface area contributed by atoms with E-state index in [2.05, 4.69) is 27.8 Å². The van der Waals surface area contributed by atoms with Gasteiger partial charge in [0, 0.05) is 6.61 Å². The molecule has 2 heterocycles. The van der Waals surface area contributed by atoms with Crippen molar-refractivity contribution in [1.82, 2.24) is 25.5 Å². The van der Waals surface area contributed by atoms with Gasteiger partial charge in [-0.25, -0.2) is 4.68 Å². The Morgan fingerprint density at radius 2 is 2.44 bits per heavy atom. The van der Waals surface area contributed by atoms with Crippen molar-refractivity contribution in [3.8, 4) is 0 Å². The fourth-order valence-electron chi connectivity index (χ4n) is 2.04. The molecule has 6 nitrogen and oxygen atoms in total. The second-order valence-corrected chi connectivity index (χ2v) is 4.61. The second kappa shape index (κ2) is 4.47. The number of rotatable bonds is 4. The third kappa shape index (κ3) is 2.22. The van der Waals surface area contributed by atoms with Crippen molar-refractivity contribution in [2.75, 3.05) is 13.7 Å². The largest absolute Gasteiger partial charge is 0.373 e. The highest BCUT2D eigenvalue weighted by Crippen LogP contribution is 2.27. The maximum atomic E-state index is 5.75. The van der Waals surface area contributed by atoms with E-state index in [-0.39, 0.29) is 11.6 Å². The molecule has 0 radical (unpaired) electrons. The third-order valence-corrected chi connectivity index (χ3v) is 3.16. The van der Waals surface area contributed by atoms with Gasteiger partial charge >= 0.3 is 0 Å². The lowest BCUT2D eigenvalue weighted by molar-refractivity contribution is 0.00224. The molecule has 1 N–H and O–H groups in total. The monoisotopic (exact) mass is 225 g/mol. The lowest BCUT2D eigenvalue weighted by atomic mass is 10.0. The standard InChI is InChI=1S/C10H19N5O/c1-8(11-3)9-12-13-14-15(9)7-10(2)5-4-6-16-10/h8,11H,4-7H2,1-3H3. The summed E-state index contributed by atoms with van der Waals surface area (Å²) in [5.41, 5.74) is -0.114. The van der Waals surface area contributed by atoms with Crippen molar-refractivity contribution in [2.24, 2.45) is 0 Å². The molecule has 0 aliphatic carbocycles. The molecule has 1 aliphatic rings. The van der Waals surface area contributed by atoms with E-state index in [1.807, 2.05) is 18.7 Å². The van der Waals surface area contributed by atoms with Crippen molar-refractivity contribution in [3.05, 3.63) is 5.82 Å². The highest BCUT2D eigenvalue weighted by atomic mass is 16.5. The Labute approximate surface area is 95.4 Å². The zero-order valence-corrected chi connectivity index (χ0v) is 10.1. The van der Waals surface area contributed by atoms with Gasteiger partial charge in [-0.2, -0.15) is 0 Å². The van der Waals surface area contributed by atoms with Crippen molar-refractivity contribution in [2.45, 2.75) is 44.9 Å². The summed E-state index contributed by atoms with van der Waals surface area (Å²) in [6, 6.07) is 0.153. The van der Waals surface area contributed by atoms with Gasteiger partial charge in [0.2, 0.25) is 0 Å². The molecule has 0 aromatic carbocycles. The molecule has 6 heteroatoms. The minimum atomic E-state index is -0.114. The maximum absolute atomic E-state index is 5.75. The fourth-order valence-corrected chi connectivity index (χ4v) is 2.04. The summed E-state index contributed by atoms with van der Waals surface area (Å²) in [6.45, 7) is 5.73. The summed E-state index contributed by atoms with van der Waals surface area (Å²) in [5, 5.41) is 14.9. The SMILES string of the molecule is CNC(C)c1nnnn1CC1(C)CCCO1.